The van der Waals surface area contributed by atoms with Crippen molar-refractivity contribution in [3.05, 3.63) is 41.0 Å². The maximum absolute atomic E-state index is 12.0. The van der Waals surface area contributed by atoms with Crippen LogP contribution in [0.5, 0.6) is 0 Å². The summed E-state index contributed by atoms with van der Waals surface area (Å²) in [6.07, 6.45) is 3.82. The van der Waals surface area contributed by atoms with Gasteiger partial charge in [-0.05, 0) is 57.4 Å². The lowest BCUT2D eigenvalue weighted by Gasteiger charge is -2.34. The molecule has 1 fully saturated rings. The number of aliphatic hydroxyl groups is 1. The number of nitrogens with one attached hydrogen (secondary N) is 2. The third kappa shape index (κ3) is 5.51. The Hall–Kier alpha value is -2.60. The second-order valence-electron chi connectivity index (χ2n) is 8.37. The zero-order chi connectivity index (χ0) is 21.9. The molecule has 1 aromatic heterocycles. The minimum Gasteiger partial charge on any atom is -0.389 e. The Balaban J connectivity index is 1.77. The van der Waals surface area contributed by atoms with E-state index in [4.69, 9.17) is 17.3 Å². The van der Waals surface area contributed by atoms with Gasteiger partial charge in [-0.15, -0.1) is 0 Å². The second kappa shape index (κ2) is 9.04. The van der Waals surface area contributed by atoms with Crippen LogP contribution in [-0.2, 0) is 0 Å². The van der Waals surface area contributed by atoms with Gasteiger partial charge in [0.2, 0.25) is 0 Å². The molecule has 1 aliphatic rings. The Morgan fingerprint density at radius 3 is 2.70 bits per heavy atom. The molecule has 5 N–H and O–H groups in total. The number of carbonyl (C=O) groups is 1. The van der Waals surface area contributed by atoms with E-state index in [1.807, 2.05) is 0 Å². The Labute approximate surface area is 181 Å². The first-order valence-electron chi connectivity index (χ1n) is 9.93. The van der Waals surface area contributed by atoms with Crippen molar-refractivity contribution in [2.45, 2.75) is 50.8 Å². The van der Waals surface area contributed by atoms with Gasteiger partial charge < -0.3 is 21.5 Å². The number of aromatic nitrogens is 2. The van der Waals surface area contributed by atoms with Crippen LogP contribution < -0.4 is 16.4 Å². The summed E-state index contributed by atoms with van der Waals surface area (Å²) in [6.45, 7) is 3.96. The van der Waals surface area contributed by atoms with Gasteiger partial charge in [0.25, 0.3) is 5.91 Å². The highest BCUT2D eigenvalue weighted by Crippen LogP contribution is 2.35. The van der Waals surface area contributed by atoms with E-state index >= 15 is 0 Å². The van der Waals surface area contributed by atoms with Crippen LogP contribution in [0.4, 0.5) is 11.5 Å². The van der Waals surface area contributed by atoms with Crippen molar-refractivity contribution in [2.75, 3.05) is 11.9 Å². The minimum absolute atomic E-state index is 0.148. The number of nitriles is 1. The summed E-state index contributed by atoms with van der Waals surface area (Å²) in [5.74, 6) is -0.516. The number of nitrogens with two attached hydrogens (primary N) is 1. The third-order valence-corrected chi connectivity index (χ3v) is 5.50. The molecule has 0 bridgehead atoms. The quantitative estimate of drug-likeness (QED) is 0.534. The number of anilines is 2. The van der Waals surface area contributed by atoms with Gasteiger partial charge in [-0.2, -0.15) is 10.4 Å². The number of rotatable bonds is 7. The number of amides is 1. The Morgan fingerprint density at radius 2 is 2.10 bits per heavy atom. The van der Waals surface area contributed by atoms with Crippen molar-refractivity contribution in [1.29, 1.82) is 5.26 Å². The van der Waals surface area contributed by atoms with Crippen LogP contribution in [-0.4, -0.2) is 39.0 Å². The number of hydrogen-bond donors (Lipinski definition) is 4. The number of primary amides is 1. The van der Waals surface area contributed by atoms with Crippen molar-refractivity contribution < 1.29 is 9.90 Å². The van der Waals surface area contributed by atoms with E-state index in [1.54, 1.807) is 49.0 Å². The molecule has 1 saturated carbocycles. The molecule has 30 heavy (non-hydrogen) atoms. The molecule has 2 aromatic rings. The van der Waals surface area contributed by atoms with Crippen molar-refractivity contribution in [2.24, 2.45) is 11.7 Å². The summed E-state index contributed by atoms with van der Waals surface area (Å²) >= 11 is 5.92. The zero-order valence-electron chi connectivity index (χ0n) is 17.1. The van der Waals surface area contributed by atoms with Gasteiger partial charge in [0.05, 0.1) is 23.6 Å². The molecule has 0 saturated heterocycles. The van der Waals surface area contributed by atoms with E-state index in [9.17, 15) is 15.2 Å². The van der Waals surface area contributed by atoms with Gasteiger partial charge in [0.15, 0.2) is 5.82 Å². The SMILES string of the molecule is CC(C)(O)CNC1CCC(n2cc(C(N)=O)c(Nc3ccc(Cl)cc3)n2)C(C#N)C1. The number of hydrogen-bond acceptors (Lipinski definition) is 6. The molecule has 1 aliphatic carbocycles. The lowest BCUT2D eigenvalue weighted by atomic mass is 9.82. The van der Waals surface area contributed by atoms with Gasteiger partial charge in [0, 0.05) is 29.5 Å². The summed E-state index contributed by atoms with van der Waals surface area (Å²) in [5, 5.41) is 31.2. The minimum atomic E-state index is -0.806. The number of carbonyl (C=O) groups excluding carboxylic acids is 1. The molecular formula is C21H27ClN6O2. The molecule has 8 nitrogen and oxygen atoms in total. The fourth-order valence-electron chi connectivity index (χ4n) is 3.69. The summed E-state index contributed by atoms with van der Waals surface area (Å²) in [6, 6.07) is 9.40. The standard InChI is InChI=1S/C21H27ClN6O2/c1-21(2,30)12-25-16-7-8-18(13(9-16)10-23)28-11-17(19(24)29)20(27-28)26-15-5-3-14(22)4-6-15/h3-6,11,13,16,18,25,30H,7-9,12H2,1-2H3,(H2,24,29)(H,26,27). The Kier molecular flexibility index (Phi) is 6.66. The van der Waals surface area contributed by atoms with Crippen LogP contribution >= 0.6 is 11.6 Å². The number of halogens is 1. The molecule has 3 rings (SSSR count). The average molecular weight is 431 g/mol. The maximum Gasteiger partial charge on any atom is 0.254 e. The Bertz CT molecular complexity index is 928. The molecule has 1 aromatic carbocycles. The normalized spacial score (nSPS) is 21.8. The van der Waals surface area contributed by atoms with E-state index < -0.39 is 11.5 Å². The lowest BCUT2D eigenvalue weighted by Crippen LogP contribution is -2.44. The highest BCUT2D eigenvalue weighted by Gasteiger charge is 2.33. The predicted octanol–water partition coefficient (Wildman–Crippen LogP) is 2.97. The predicted molar refractivity (Wildman–Crippen MR) is 116 cm³/mol. The highest BCUT2D eigenvalue weighted by atomic mass is 35.5. The summed E-state index contributed by atoms with van der Waals surface area (Å²) < 4.78 is 1.68. The molecule has 160 valence electrons. The van der Waals surface area contributed by atoms with Crippen molar-refractivity contribution >= 4 is 29.0 Å². The number of benzene rings is 1. The second-order valence-corrected chi connectivity index (χ2v) is 8.81. The third-order valence-electron chi connectivity index (χ3n) is 5.25. The molecule has 1 amide bonds. The fourth-order valence-corrected chi connectivity index (χ4v) is 3.82. The molecule has 0 radical (unpaired) electrons. The van der Waals surface area contributed by atoms with E-state index in [0.717, 1.165) is 18.5 Å². The number of nitrogens with zero attached hydrogens (tertiary/aromatic N) is 3. The highest BCUT2D eigenvalue weighted by molar-refractivity contribution is 6.30. The topological polar surface area (TPSA) is 129 Å². The molecule has 1 heterocycles. The van der Waals surface area contributed by atoms with Crippen molar-refractivity contribution in [3.8, 4) is 6.07 Å². The van der Waals surface area contributed by atoms with Gasteiger partial charge in [-0.1, -0.05) is 11.6 Å². The fraction of sp³-hybridized carbons (Fsp3) is 0.476. The first-order valence-corrected chi connectivity index (χ1v) is 10.3. The molecule has 9 heteroatoms. The van der Waals surface area contributed by atoms with Crippen LogP contribution in [0.15, 0.2) is 30.5 Å². The van der Waals surface area contributed by atoms with Crippen molar-refractivity contribution in [3.63, 3.8) is 0 Å². The van der Waals surface area contributed by atoms with Gasteiger partial charge in [0.1, 0.15) is 5.56 Å². The van der Waals surface area contributed by atoms with E-state index in [-0.39, 0.29) is 23.6 Å². The zero-order valence-corrected chi connectivity index (χ0v) is 17.9. The van der Waals surface area contributed by atoms with Crippen LogP contribution in [0.2, 0.25) is 5.02 Å². The van der Waals surface area contributed by atoms with Gasteiger partial charge >= 0.3 is 0 Å². The molecule has 0 aliphatic heterocycles. The van der Waals surface area contributed by atoms with Crippen LogP contribution in [0.25, 0.3) is 0 Å². The summed E-state index contributed by atoms with van der Waals surface area (Å²) in [5.41, 5.74) is 5.74. The largest absolute Gasteiger partial charge is 0.389 e. The molecule has 0 spiro atoms. The van der Waals surface area contributed by atoms with Crippen LogP contribution in [0.1, 0.15) is 49.5 Å². The molecule has 3 unspecified atom stereocenters. The smallest absolute Gasteiger partial charge is 0.254 e. The summed E-state index contributed by atoms with van der Waals surface area (Å²) in [7, 11) is 0. The molecule has 3 atom stereocenters. The van der Waals surface area contributed by atoms with Gasteiger partial charge in [-0.25, -0.2) is 0 Å². The van der Waals surface area contributed by atoms with E-state index in [0.29, 0.717) is 23.8 Å². The van der Waals surface area contributed by atoms with Crippen LogP contribution in [0, 0.1) is 17.2 Å². The molecular weight excluding hydrogens is 404 g/mol. The van der Waals surface area contributed by atoms with Crippen molar-refractivity contribution in [1.82, 2.24) is 15.1 Å². The lowest BCUT2D eigenvalue weighted by molar-refractivity contribution is 0.0720. The van der Waals surface area contributed by atoms with Gasteiger partial charge in [-0.3, -0.25) is 9.48 Å². The first kappa shape index (κ1) is 22.1. The summed E-state index contributed by atoms with van der Waals surface area (Å²) in [4.78, 5) is 12.0. The average Bonchev–Trinajstić information content (AvgIpc) is 3.11. The maximum atomic E-state index is 12.0. The first-order chi connectivity index (χ1) is 14.2. The van der Waals surface area contributed by atoms with E-state index in [1.165, 1.54) is 0 Å². The van der Waals surface area contributed by atoms with E-state index in [2.05, 4.69) is 21.8 Å². The Morgan fingerprint density at radius 1 is 1.40 bits per heavy atom. The monoisotopic (exact) mass is 430 g/mol. The van der Waals surface area contributed by atoms with Crippen LogP contribution in [0.3, 0.4) is 0 Å².